The summed E-state index contributed by atoms with van der Waals surface area (Å²) in [6, 6.07) is 14.6. The molecule has 2 aliphatic heterocycles. The molecule has 2 aromatic heterocycles. The first kappa shape index (κ1) is 38.1. The number of imidazole rings is 2. The molecule has 4 amide bonds. The van der Waals surface area contributed by atoms with E-state index < -0.39 is 24.3 Å². The first-order valence-corrected chi connectivity index (χ1v) is 18.6. The van der Waals surface area contributed by atoms with Gasteiger partial charge in [-0.05, 0) is 48.6 Å². The third-order valence-corrected chi connectivity index (χ3v) is 10.4. The van der Waals surface area contributed by atoms with E-state index in [-0.39, 0.29) is 35.7 Å². The summed E-state index contributed by atoms with van der Waals surface area (Å²) in [6.07, 6.45) is 5.67. The van der Waals surface area contributed by atoms with Crippen molar-refractivity contribution in [1.82, 2.24) is 40.4 Å². The second kappa shape index (κ2) is 16.6. The lowest BCUT2D eigenvalue weighted by atomic mass is 10.0. The predicted molar refractivity (Wildman–Crippen MR) is 203 cm³/mol. The van der Waals surface area contributed by atoms with Crippen LogP contribution in [-0.4, -0.2) is 93.1 Å². The van der Waals surface area contributed by atoms with Gasteiger partial charge in [-0.2, -0.15) is 0 Å². The minimum atomic E-state index is -0.680. The van der Waals surface area contributed by atoms with E-state index >= 15 is 0 Å². The number of carbonyl (C=O) groups excluding carboxylic acids is 4. The van der Waals surface area contributed by atoms with Gasteiger partial charge in [0.25, 0.3) is 0 Å². The highest BCUT2D eigenvalue weighted by Crippen LogP contribution is 2.35. The van der Waals surface area contributed by atoms with Gasteiger partial charge in [-0.25, -0.2) is 19.6 Å². The molecule has 4 N–H and O–H groups in total. The standard InChI is InChI=1S/C40H50N8O6/c1-23(2)33(45-39(51)53-5)37(49)47-19-7-9-31(47)29-21-41-35(43-29)27-15-11-25(12-16-27)26-13-17-28(18-14-26)36-42-22-30(44-36)32-10-8-20-48(32)38(50)34(24(3)4)46-40(52)54-6/h11-18,21-24,31-34H,7-10,19-20H2,1-6H3,(H,41,43)(H,42,44)(H,45,51)(H,46,52)/t31?,32?,33-,34?/m0/s1. The van der Waals surface area contributed by atoms with Gasteiger partial charge in [0.2, 0.25) is 11.8 Å². The van der Waals surface area contributed by atoms with Crippen LogP contribution in [0.2, 0.25) is 0 Å². The summed E-state index contributed by atoms with van der Waals surface area (Å²) in [7, 11) is 2.58. The van der Waals surface area contributed by atoms with Crippen LogP contribution in [0.5, 0.6) is 0 Å². The number of rotatable bonds is 11. The zero-order chi connectivity index (χ0) is 38.5. The summed E-state index contributed by atoms with van der Waals surface area (Å²) >= 11 is 0. The number of nitrogens with zero attached hydrogens (tertiary/aromatic N) is 4. The van der Waals surface area contributed by atoms with Gasteiger partial charge < -0.3 is 39.9 Å². The molecule has 4 heterocycles. The number of aromatic amines is 2. The number of carbonyl (C=O) groups is 4. The van der Waals surface area contributed by atoms with Crippen LogP contribution in [-0.2, 0) is 19.1 Å². The van der Waals surface area contributed by atoms with Gasteiger partial charge in [0, 0.05) is 24.2 Å². The monoisotopic (exact) mass is 738 g/mol. The minimum absolute atomic E-state index is 0.0997. The largest absolute Gasteiger partial charge is 0.453 e. The van der Waals surface area contributed by atoms with Gasteiger partial charge in [-0.15, -0.1) is 0 Å². The van der Waals surface area contributed by atoms with E-state index in [0.29, 0.717) is 13.1 Å². The number of hydrogen-bond acceptors (Lipinski definition) is 8. The summed E-state index contributed by atoms with van der Waals surface area (Å²) in [5.41, 5.74) is 5.66. The molecule has 0 spiro atoms. The quantitative estimate of drug-likeness (QED) is 0.140. The molecule has 0 saturated carbocycles. The lowest BCUT2D eigenvalue weighted by Crippen LogP contribution is -2.51. The smallest absolute Gasteiger partial charge is 0.407 e. The second-order valence-electron chi connectivity index (χ2n) is 14.6. The van der Waals surface area contributed by atoms with Gasteiger partial charge in [-0.1, -0.05) is 76.2 Å². The Morgan fingerprint density at radius 1 is 0.630 bits per heavy atom. The lowest BCUT2D eigenvalue weighted by molar-refractivity contribution is -0.136. The molecular weight excluding hydrogens is 688 g/mol. The van der Waals surface area contributed by atoms with Crippen molar-refractivity contribution in [3.8, 4) is 33.9 Å². The highest BCUT2D eigenvalue weighted by Gasteiger charge is 2.38. The van der Waals surface area contributed by atoms with Crippen LogP contribution in [0.25, 0.3) is 33.9 Å². The fourth-order valence-corrected chi connectivity index (χ4v) is 7.41. The van der Waals surface area contributed by atoms with Crippen molar-refractivity contribution in [1.29, 1.82) is 0 Å². The molecule has 2 aromatic carbocycles. The van der Waals surface area contributed by atoms with Gasteiger partial charge >= 0.3 is 12.2 Å². The number of benzene rings is 2. The molecule has 54 heavy (non-hydrogen) atoms. The SMILES string of the molecule is COC(=O)NC(C(=O)N1CCCC1c1cnc(-c2ccc(-c3ccc(-c4ncc(C5CCCN5C(=O)[C@@H](NC(=O)OC)C(C)C)[nH]4)cc3)cc2)[nH]1)C(C)C. The van der Waals surface area contributed by atoms with E-state index in [1.807, 2.05) is 61.8 Å². The first-order chi connectivity index (χ1) is 26.0. The Hall–Kier alpha value is -5.66. The van der Waals surface area contributed by atoms with E-state index in [0.717, 1.165) is 71.0 Å². The summed E-state index contributed by atoms with van der Waals surface area (Å²) < 4.78 is 9.50. The number of hydrogen-bond donors (Lipinski definition) is 4. The normalized spacial score (nSPS) is 18.1. The Balaban J connectivity index is 1.11. The minimum Gasteiger partial charge on any atom is -0.453 e. The van der Waals surface area contributed by atoms with Crippen LogP contribution in [0.15, 0.2) is 60.9 Å². The van der Waals surface area contributed by atoms with Crippen LogP contribution in [0.1, 0.15) is 76.8 Å². The molecule has 6 rings (SSSR count). The van der Waals surface area contributed by atoms with E-state index in [4.69, 9.17) is 9.47 Å². The van der Waals surface area contributed by atoms with Gasteiger partial charge in [0.05, 0.1) is 50.1 Å². The zero-order valence-electron chi connectivity index (χ0n) is 31.7. The van der Waals surface area contributed by atoms with E-state index in [2.05, 4.69) is 54.8 Å². The number of alkyl carbamates (subject to hydrolysis) is 2. The Labute approximate surface area is 315 Å². The molecular formula is C40H50N8O6. The van der Waals surface area contributed by atoms with Crippen LogP contribution < -0.4 is 10.6 Å². The van der Waals surface area contributed by atoms with E-state index in [9.17, 15) is 19.2 Å². The molecule has 0 radical (unpaired) electrons. The fraction of sp³-hybridized carbons (Fsp3) is 0.450. The predicted octanol–water partition coefficient (Wildman–Crippen LogP) is 6.22. The fourth-order valence-electron chi connectivity index (χ4n) is 7.41. The molecule has 0 bridgehead atoms. The van der Waals surface area contributed by atoms with E-state index in [1.54, 1.807) is 12.4 Å². The van der Waals surface area contributed by atoms with Crippen molar-refractivity contribution in [2.75, 3.05) is 27.3 Å². The molecule has 2 fully saturated rings. The van der Waals surface area contributed by atoms with Crippen molar-refractivity contribution in [3.63, 3.8) is 0 Å². The lowest BCUT2D eigenvalue weighted by Gasteiger charge is -2.30. The number of aromatic nitrogens is 4. The van der Waals surface area contributed by atoms with Crippen molar-refractivity contribution in [2.45, 2.75) is 77.5 Å². The Kier molecular flexibility index (Phi) is 11.7. The van der Waals surface area contributed by atoms with Crippen molar-refractivity contribution >= 4 is 24.0 Å². The van der Waals surface area contributed by atoms with Crippen LogP contribution in [0, 0.1) is 11.8 Å². The third-order valence-electron chi connectivity index (χ3n) is 10.4. The summed E-state index contributed by atoms with van der Waals surface area (Å²) in [5.74, 6) is 0.977. The number of likely N-dealkylation sites (tertiary alicyclic amines) is 2. The summed E-state index contributed by atoms with van der Waals surface area (Å²) in [4.78, 5) is 70.7. The van der Waals surface area contributed by atoms with Crippen molar-refractivity contribution < 1.29 is 28.7 Å². The average molecular weight is 739 g/mol. The molecule has 2 saturated heterocycles. The van der Waals surface area contributed by atoms with Crippen LogP contribution in [0.3, 0.4) is 0 Å². The summed E-state index contributed by atoms with van der Waals surface area (Å²) in [5, 5.41) is 5.39. The molecule has 4 atom stereocenters. The third kappa shape index (κ3) is 8.12. The molecule has 286 valence electrons. The van der Waals surface area contributed by atoms with Gasteiger partial charge in [0.15, 0.2) is 0 Å². The molecule has 14 nitrogen and oxygen atoms in total. The Morgan fingerprint density at radius 2 is 0.981 bits per heavy atom. The molecule has 4 aromatic rings. The van der Waals surface area contributed by atoms with Gasteiger partial charge in [0.1, 0.15) is 23.7 Å². The molecule has 2 aliphatic rings. The maximum absolute atomic E-state index is 13.5. The maximum atomic E-state index is 13.5. The van der Waals surface area contributed by atoms with Crippen LogP contribution >= 0.6 is 0 Å². The van der Waals surface area contributed by atoms with E-state index in [1.165, 1.54) is 14.2 Å². The topological polar surface area (TPSA) is 175 Å². The summed E-state index contributed by atoms with van der Waals surface area (Å²) in [6.45, 7) is 8.82. The van der Waals surface area contributed by atoms with Gasteiger partial charge in [-0.3, -0.25) is 9.59 Å². The number of H-pyrrole nitrogens is 2. The number of amides is 4. The average Bonchev–Trinajstić information content (AvgIpc) is 4.02. The second-order valence-corrected chi connectivity index (χ2v) is 14.6. The highest BCUT2D eigenvalue weighted by atomic mass is 16.5. The zero-order valence-corrected chi connectivity index (χ0v) is 31.7. The maximum Gasteiger partial charge on any atom is 0.407 e. The molecule has 3 unspecified atom stereocenters. The van der Waals surface area contributed by atoms with Crippen molar-refractivity contribution in [3.05, 3.63) is 72.3 Å². The van der Waals surface area contributed by atoms with Crippen molar-refractivity contribution in [2.24, 2.45) is 11.8 Å². The first-order valence-electron chi connectivity index (χ1n) is 18.6. The number of nitrogens with one attached hydrogen (secondary N) is 4. The molecule has 0 aliphatic carbocycles. The van der Waals surface area contributed by atoms with Crippen LogP contribution in [0.4, 0.5) is 9.59 Å². The number of ether oxygens (including phenoxy) is 2. The highest BCUT2D eigenvalue weighted by molar-refractivity contribution is 5.87. The Morgan fingerprint density at radius 3 is 1.31 bits per heavy atom. The number of methoxy groups -OCH3 is 2. The Bertz CT molecular complexity index is 1800. The molecule has 14 heteroatoms.